The van der Waals surface area contributed by atoms with E-state index in [2.05, 4.69) is 30.9 Å². The van der Waals surface area contributed by atoms with E-state index in [0.717, 1.165) is 23.4 Å². The minimum atomic E-state index is -0.129. The molecule has 2 aromatic heterocycles. The molecule has 0 atom stereocenters. The number of fused-ring (bicyclic) bond motifs is 1. The van der Waals surface area contributed by atoms with Gasteiger partial charge in [-0.05, 0) is 31.2 Å². The number of nitrogens with two attached hydrogens (primary N) is 1. The number of nitrogen functional groups attached to an aromatic ring is 1. The largest absolute Gasteiger partial charge is 0.390 e. The zero-order valence-electron chi connectivity index (χ0n) is 11.6. The van der Waals surface area contributed by atoms with E-state index in [4.69, 9.17) is 10.3 Å². The van der Waals surface area contributed by atoms with E-state index in [1.807, 2.05) is 0 Å². The highest BCUT2D eigenvalue weighted by molar-refractivity contribution is 7.16. The summed E-state index contributed by atoms with van der Waals surface area (Å²) in [6.45, 7) is 6.20. The first-order valence-corrected chi connectivity index (χ1v) is 7.53. The molecule has 0 spiro atoms. The summed E-state index contributed by atoms with van der Waals surface area (Å²) in [4.78, 5) is 5.95. The van der Waals surface area contributed by atoms with Crippen LogP contribution in [-0.2, 0) is 18.3 Å². The Hall–Kier alpha value is -1.36. The average Bonchev–Trinajstić information content (AvgIpc) is 2.90. The lowest BCUT2D eigenvalue weighted by Gasteiger charge is -2.11. The highest BCUT2D eigenvalue weighted by Gasteiger charge is 2.27. The van der Waals surface area contributed by atoms with Crippen molar-refractivity contribution in [3.63, 3.8) is 0 Å². The third-order valence-corrected chi connectivity index (χ3v) is 4.61. The number of anilines is 1. The molecule has 0 unspecified atom stereocenters. The quantitative estimate of drug-likeness (QED) is 0.865. The zero-order chi connectivity index (χ0) is 13.6. The Labute approximate surface area is 117 Å². The van der Waals surface area contributed by atoms with Gasteiger partial charge in [-0.15, -0.1) is 11.3 Å². The van der Waals surface area contributed by atoms with Crippen LogP contribution in [0.3, 0.4) is 0 Å². The fraction of sp³-hybridized carbons (Fsp3) is 0.571. The van der Waals surface area contributed by atoms with E-state index in [0.29, 0.717) is 11.7 Å². The van der Waals surface area contributed by atoms with Crippen LogP contribution in [0.4, 0.5) is 5.00 Å². The SMILES string of the molecule is CC(C)(C)c1nc(-c2c(N)sc3c2CCCC3)no1. The number of aryl methyl sites for hydroxylation is 1. The molecule has 0 saturated carbocycles. The normalized spacial score (nSPS) is 15.5. The molecule has 1 aliphatic rings. The molecule has 19 heavy (non-hydrogen) atoms. The van der Waals surface area contributed by atoms with Crippen LogP contribution < -0.4 is 5.73 Å². The first kappa shape index (κ1) is 12.7. The molecule has 2 heterocycles. The third-order valence-electron chi connectivity index (χ3n) is 3.49. The molecule has 2 aromatic rings. The second-order valence-electron chi connectivity index (χ2n) is 6.12. The maximum atomic E-state index is 6.17. The molecular weight excluding hydrogens is 258 g/mol. The van der Waals surface area contributed by atoms with Gasteiger partial charge in [0, 0.05) is 10.3 Å². The van der Waals surface area contributed by atoms with Crippen LogP contribution in [0.5, 0.6) is 0 Å². The monoisotopic (exact) mass is 277 g/mol. The number of hydrogen-bond donors (Lipinski definition) is 1. The summed E-state index contributed by atoms with van der Waals surface area (Å²) in [7, 11) is 0. The summed E-state index contributed by atoms with van der Waals surface area (Å²) in [5.41, 5.74) is 8.39. The van der Waals surface area contributed by atoms with E-state index in [1.54, 1.807) is 11.3 Å². The maximum absolute atomic E-state index is 6.17. The first-order valence-electron chi connectivity index (χ1n) is 6.71. The van der Waals surface area contributed by atoms with Gasteiger partial charge in [0.1, 0.15) is 0 Å². The van der Waals surface area contributed by atoms with Crippen molar-refractivity contribution in [3.05, 3.63) is 16.3 Å². The summed E-state index contributed by atoms with van der Waals surface area (Å²) < 4.78 is 5.39. The average molecular weight is 277 g/mol. The predicted molar refractivity (Wildman–Crippen MR) is 77.4 cm³/mol. The highest BCUT2D eigenvalue weighted by Crippen LogP contribution is 2.41. The molecule has 0 saturated heterocycles. The molecule has 4 nitrogen and oxygen atoms in total. The van der Waals surface area contributed by atoms with Gasteiger partial charge in [-0.1, -0.05) is 25.9 Å². The molecule has 3 rings (SSSR count). The van der Waals surface area contributed by atoms with E-state index >= 15 is 0 Å². The van der Waals surface area contributed by atoms with Crippen molar-refractivity contribution in [2.24, 2.45) is 0 Å². The van der Waals surface area contributed by atoms with Gasteiger partial charge in [0.25, 0.3) is 0 Å². The molecule has 0 aromatic carbocycles. The second-order valence-corrected chi connectivity index (χ2v) is 7.26. The molecule has 1 aliphatic carbocycles. The van der Waals surface area contributed by atoms with Gasteiger partial charge in [0.05, 0.1) is 10.6 Å². The van der Waals surface area contributed by atoms with Crippen LogP contribution in [0.25, 0.3) is 11.4 Å². The Morgan fingerprint density at radius 1 is 1.21 bits per heavy atom. The Morgan fingerprint density at radius 2 is 1.95 bits per heavy atom. The molecule has 0 amide bonds. The zero-order valence-corrected chi connectivity index (χ0v) is 12.4. The van der Waals surface area contributed by atoms with Gasteiger partial charge in [-0.25, -0.2) is 0 Å². The summed E-state index contributed by atoms with van der Waals surface area (Å²) in [5.74, 6) is 1.32. The lowest BCUT2D eigenvalue weighted by Crippen LogP contribution is -2.11. The Morgan fingerprint density at radius 3 is 2.63 bits per heavy atom. The summed E-state index contributed by atoms with van der Waals surface area (Å²) >= 11 is 1.68. The number of thiophene rings is 1. The maximum Gasteiger partial charge on any atom is 0.232 e. The molecule has 2 N–H and O–H groups in total. The number of nitrogens with zero attached hydrogens (tertiary/aromatic N) is 2. The fourth-order valence-corrected chi connectivity index (χ4v) is 3.62. The van der Waals surface area contributed by atoms with Crippen LogP contribution in [-0.4, -0.2) is 10.1 Å². The van der Waals surface area contributed by atoms with Crippen LogP contribution in [0, 0.1) is 0 Å². The second kappa shape index (κ2) is 4.34. The van der Waals surface area contributed by atoms with E-state index in [-0.39, 0.29) is 5.41 Å². The summed E-state index contributed by atoms with van der Waals surface area (Å²) in [5, 5.41) is 4.96. The lowest BCUT2D eigenvalue weighted by molar-refractivity contribution is 0.321. The van der Waals surface area contributed by atoms with E-state index in [9.17, 15) is 0 Å². The van der Waals surface area contributed by atoms with Crippen molar-refractivity contribution in [2.45, 2.75) is 51.9 Å². The van der Waals surface area contributed by atoms with E-state index < -0.39 is 0 Å². The number of rotatable bonds is 1. The number of hydrogen-bond acceptors (Lipinski definition) is 5. The van der Waals surface area contributed by atoms with Crippen LogP contribution in [0.15, 0.2) is 4.52 Å². The molecule has 5 heteroatoms. The topological polar surface area (TPSA) is 64.9 Å². The summed E-state index contributed by atoms with van der Waals surface area (Å²) in [6.07, 6.45) is 4.69. The Balaban J connectivity index is 2.07. The van der Waals surface area contributed by atoms with Gasteiger partial charge >= 0.3 is 0 Å². The predicted octanol–water partition coefficient (Wildman–Crippen LogP) is 3.56. The molecule has 0 aliphatic heterocycles. The van der Waals surface area contributed by atoms with Crippen LogP contribution in [0.1, 0.15) is 49.9 Å². The molecule has 0 radical (unpaired) electrons. The van der Waals surface area contributed by atoms with Gasteiger partial charge in [-0.2, -0.15) is 4.98 Å². The standard InChI is InChI=1S/C14H19N3OS/c1-14(2,3)13-16-12(17-18-13)10-8-6-4-5-7-9(8)19-11(10)15/h4-7,15H2,1-3H3. The Bertz CT molecular complexity index is 607. The van der Waals surface area contributed by atoms with Gasteiger partial charge in [0.15, 0.2) is 0 Å². The van der Waals surface area contributed by atoms with Crippen molar-refractivity contribution in [1.29, 1.82) is 0 Å². The van der Waals surface area contributed by atoms with E-state index in [1.165, 1.54) is 23.3 Å². The fourth-order valence-electron chi connectivity index (χ4n) is 2.46. The molecule has 102 valence electrons. The molecule has 0 fully saturated rings. The van der Waals surface area contributed by atoms with Crippen molar-refractivity contribution >= 4 is 16.3 Å². The van der Waals surface area contributed by atoms with Gasteiger partial charge in [0.2, 0.25) is 11.7 Å². The third kappa shape index (κ3) is 2.16. The van der Waals surface area contributed by atoms with Gasteiger partial charge in [-0.3, -0.25) is 0 Å². The Kier molecular flexibility index (Phi) is 2.89. The molecule has 0 bridgehead atoms. The number of aromatic nitrogens is 2. The van der Waals surface area contributed by atoms with Crippen molar-refractivity contribution in [3.8, 4) is 11.4 Å². The minimum absolute atomic E-state index is 0.129. The highest BCUT2D eigenvalue weighted by atomic mass is 32.1. The minimum Gasteiger partial charge on any atom is -0.390 e. The van der Waals surface area contributed by atoms with Crippen molar-refractivity contribution in [1.82, 2.24) is 10.1 Å². The van der Waals surface area contributed by atoms with Crippen molar-refractivity contribution < 1.29 is 4.52 Å². The van der Waals surface area contributed by atoms with Crippen molar-refractivity contribution in [2.75, 3.05) is 5.73 Å². The molecular formula is C14H19N3OS. The van der Waals surface area contributed by atoms with Crippen LogP contribution in [0.2, 0.25) is 0 Å². The smallest absolute Gasteiger partial charge is 0.232 e. The van der Waals surface area contributed by atoms with Gasteiger partial charge < -0.3 is 10.3 Å². The first-order chi connectivity index (χ1) is 8.97. The van der Waals surface area contributed by atoms with Crippen LogP contribution >= 0.6 is 11.3 Å². The summed E-state index contributed by atoms with van der Waals surface area (Å²) in [6, 6.07) is 0. The lowest BCUT2D eigenvalue weighted by atomic mass is 9.95.